The van der Waals surface area contributed by atoms with Crippen LogP contribution in [0.25, 0.3) is 0 Å². The van der Waals surface area contributed by atoms with Gasteiger partial charge in [-0.05, 0) is 20.3 Å². The lowest BCUT2D eigenvalue weighted by atomic mass is 10.4. The molecular weight excluding hydrogens is 242 g/mol. The minimum absolute atomic E-state index is 0.0942. The largest absolute Gasteiger partial charge is 0.336 e. The number of hydrogen-bond acceptors (Lipinski definition) is 3. The Kier molecular flexibility index (Phi) is 4.76. The van der Waals surface area contributed by atoms with E-state index in [4.69, 9.17) is 0 Å². The van der Waals surface area contributed by atoms with Gasteiger partial charge in [0.05, 0.1) is 6.26 Å². The molecule has 2 amide bonds. The van der Waals surface area contributed by atoms with Gasteiger partial charge in [0.25, 0.3) is 0 Å². The zero-order valence-corrected chi connectivity index (χ0v) is 11.5. The van der Waals surface area contributed by atoms with Gasteiger partial charge in [-0.15, -0.1) is 0 Å². The van der Waals surface area contributed by atoms with Crippen LogP contribution < -0.4 is 5.32 Å². The number of nitrogens with zero attached hydrogens (tertiary/aromatic N) is 2. The van der Waals surface area contributed by atoms with E-state index in [2.05, 4.69) is 5.32 Å². The first-order valence-electron chi connectivity index (χ1n) is 5.81. The fraction of sp³-hybridized carbons (Fsp3) is 0.900. The Balaban J connectivity index is 2.56. The summed E-state index contributed by atoms with van der Waals surface area (Å²) >= 11 is 0. The maximum absolute atomic E-state index is 11.8. The van der Waals surface area contributed by atoms with Crippen molar-refractivity contribution in [1.82, 2.24) is 14.5 Å². The topological polar surface area (TPSA) is 69.7 Å². The number of urea groups is 1. The summed E-state index contributed by atoms with van der Waals surface area (Å²) < 4.78 is 24.2. The number of hydrogen-bond donors (Lipinski definition) is 1. The van der Waals surface area contributed by atoms with Crippen LogP contribution in [-0.4, -0.2) is 62.1 Å². The summed E-state index contributed by atoms with van der Waals surface area (Å²) in [5.41, 5.74) is 0. The van der Waals surface area contributed by atoms with Crippen molar-refractivity contribution in [2.45, 2.75) is 26.3 Å². The molecule has 1 heterocycles. The van der Waals surface area contributed by atoms with Crippen LogP contribution in [0.15, 0.2) is 0 Å². The summed E-state index contributed by atoms with van der Waals surface area (Å²) in [5, 5.41) is 2.81. The number of carbonyl (C=O) groups is 1. The third-order valence-corrected chi connectivity index (χ3v) is 3.93. The molecule has 0 aromatic heterocycles. The molecule has 1 N–H and O–H groups in total. The van der Waals surface area contributed by atoms with Gasteiger partial charge in [-0.1, -0.05) is 0 Å². The molecule has 0 atom stereocenters. The first-order valence-corrected chi connectivity index (χ1v) is 7.66. The summed E-state index contributed by atoms with van der Waals surface area (Å²) in [6.45, 7) is 5.72. The molecule has 17 heavy (non-hydrogen) atoms. The van der Waals surface area contributed by atoms with E-state index in [-0.39, 0.29) is 12.1 Å². The van der Waals surface area contributed by atoms with Gasteiger partial charge in [0.1, 0.15) is 0 Å². The Bertz CT molecular complexity index is 367. The van der Waals surface area contributed by atoms with E-state index in [1.165, 1.54) is 10.6 Å². The minimum atomic E-state index is -3.15. The number of carbonyl (C=O) groups excluding carboxylic acids is 1. The van der Waals surface area contributed by atoms with E-state index < -0.39 is 10.0 Å². The lowest BCUT2D eigenvalue weighted by Gasteiger charge is -2.22. The number of rotatable bonds is 2. The molecule has 0 saturated carbocycles. The van der Waals surface area contributed by atoms with Crippen LogP contribution in [0.3, 0.4) is 0 Å². The quantitative estimate of drug-likeness (QED) is 0.766. The van der Waals surface area contributed by atoms with Crippen LogP contribution >= 0.6 is 0 Å². The molecule has 1 fully saturated rings. The third kappa shape index (κ3) is 4.51. The molecule has 1 saturated heterocycles. The maximum atomic E-state index is 11.8. The van der Waals surface area contributed by atoms with E-state index in [9.17, 15) is 13.2 Å². The van der Waals surface area contributed by atoms with Gasteiger partial charge in [0, 0.05) is 32.2 Å². The fourth-order valence-corrected chi connectivity index (χ4v) is 2.64. The first-order chi connectivity index (χ1) is 7.80. The Labute approximate surface area is 103 Å². The van der Waals surface area contributed by atoms with Crippen molar-refractivity contribution in [3.8, 4) is 0 Å². The Morgan fingerprint density at radius 3 is 2.35 bits per heavy atom. The second kappa shape index (κ2) is 5.68. The molecule has 1 rings (SSSR count). The molecule has 0 aromatic rings. The summed E-state index contributed by atoms with van der Waals surface area (Å²) in [6, 6.07) is -0.0212. The monoisotopic (exact) mass is 263 g/mol. The molecule has 0 spiro atoms. The zero-order chi connectivity index (χ0) is 13.1. The molecule has 6 nitrogen and oxygen atoms in total. The standard InChI is InChI=1S/C10H21N3O3S/c1-9(2)11-10(14)12-5-4-6-13(8-7-12)17(3,15)16/h9H,4-8H2,1-3H3,(H,11,14). The predicted molar refractivity (Wildman–Crippen MR) is 66.3 cm³/mol. The van der Waals surface area contributed by atoms with E-state index in [0.29, 0.717) is 32.6 Å². The summed E-state index contributed by atoms with van der Waals surface area (Å²) in [7, 11) is -3.15. The van der Waals surface area contributed by atoms with Gasteiger partial charge in [-0.2, -0.15) is 0 Å². The van der Waals surface area contributed by atoms with Gasteiger partial charge < -0.3 is 10.2 Å². The first kappa shape index (κ1) is 14.2. The Morgan fingerprint density at radius 2 is 1.82 bits per heavy atom. The molecule has 100 valence electrons. The SMILES string of the molecule is CC(C)NC(=O)N1CCCN(S(C)(=O)=O)CC1. The Hall–Kier alpha value is -0.820. The number of sulfonamides is 1. The van der Waals surface area contributed by atoms with Crippen LogP contribution in [0.4, 0.5) is 4.79 Å². The number of nitrogens with one attached hydrogen (secondary N) is 1. The second-order valence-corrected chi connectivity index (χ2v) is 6.59. The van der Waals surface area contributed by atoms with Crippen LogP contribution in [0, 0.1) is 0 Å². The molecule has 0 bridgehead atoms. The molecule has 0 aromatic carbocycles. The van der Waals surface area contributed by atoms with Crippen molar-refractivity contribution in [3.63, 3.8) is 0 Å². The van der Waals surface area contributed by atoms with E-state index in [1.807, 2.05) is 13.8 Å². The number of amides is 2. The maximum Gasteiger partial charge on any atom is 0.317 e. The van der Waals surface area contributed by atoms with E-state index >= 15 is 0 Å². The average molecular weight is 263 g/mol. The molecular formula is C10H21N3O3S. The summed E-state index contributed by atoms with van der Waals surface area (Å²) in [4.78, 5) is 13.4. The average Bonchev–Trinajstić information content (AvgIpc) is 2.40. The highest BCUT2D eigenvalue weighted by molar-refractivity contribution is 7.88. The lowest BCUT2D eigenvalue weighted by molar-refractivity contribution is 0.198. The van der Waals surface area contributed by atoms with Crippen LogP contribution in [-0.2, 0) is 10.0 Å². The summed E-state index contributed by atoms with van der Waals surface area (Å²) in [5.74, 6) is 0. The summed E-state index contributed by atoms with van der Waals surface area (Å²) in [6.07, 6.45) is 1.88. The molecule has 1 aliphatic rings. The molecule has 0 aliphatic carbocycles. The smallest absolute Gasteiger partial charge is 0.317 e. The lowest BCUT2D eigenvalue weighted by Crippen LogP contribution is -2.44. The van der Waals surface area contributed by atoms with Gasteiger partial charge >= 0.3 is 6.03 Å². The highest BCUT2D eigenvalue weighted by atomic mass is 32.2. The zero-order valence-electron chi connectivity index (χ0n) is 10.6. The van der Waals surface area contributed by atoms with Gasteiger partial charge in [-0.3, -0.25) is 0 Å². The van der Waals surface area contributed by atoms with E-state index in [1.54, 1.807) is 4.90 Å². The second-order valence-electron chi connectivity index (χ2n) is 4.61. The molecule has 1 aliphatic heterocycles. The minimum Gasteiger partial charge on any atom is -0.336 e. The van der Waals surface area contributed by atoms with Crippen molar-refractivity contribution >= 4 is 16.1 Å². The fourth-order valence-electron chi connectivity index (χ4n) is 1.77. The van der Waals surface area contributed by atoms with Crippen molar-refractivity contribution in [3.05, 3.63) is 0 Å². The normalized spacial score (nSPS) is 19.2. The molecule has 7 heteroatoms. The predicted octanol–water partition coefficient (Wildman–Crippen LogP) is 0.0717. The highest BCUT2D eigenvalue weighted by Crippen LogP contribution is 2.07. The van der Waals surface area contributed by atoms with Crippen LogP contribution in [0.2, 0.25) is 0 Å². The van der Waals surface area contributed by atoms with Crippen LogP contribution in [0.5, 0.6) is 0 Å². The van der Waals surface area contributed by atoms with Gasteiger partial charge in [-0.25, -0.2) is 17.5 Å². The van der Waals surface area contributed by atoms with Crippen molar-refractivity contribution < 1.29 is 13.2 Å². The molecule has 0 radical (unpaired) electrons. The van der Waals surface area contributed by atoms with Gasteiger partial charge in [0.15, 0.2) is 0 Å². The van der Waals surface area contributed by atoms with Crippen LogP contribution in [0.1, 0.15) is 20.3 Å². The van der Waals surface area contributed by atoms with Crippen molar-refractivity contribution in [1.29, 1.82) is 0 Å². The van der Waals surface area contributed by atoms with Crippen molar-refractivity contribution in [2.24, 2.45) is 0 Å². The third-order valence-electron chi connectivity index (χ3n) is 2.62. The van der Waals surface area contributed by atoms with Crippen molar-refractivity contribution in [2.75, 3.05) is 32.4 Å². The highest BCUT2D eigenvalue weighted by Gasteiger charge is 2.23. The molecule has 0 unspecified atom stereocenters. The van der Waals surface area contributed by atoms with Gasteiger partial charge in [0.2, 0.25) is 10.0 Å². The van der Waals surface area contributed by atoms with E-state index in [0.717, 1.165) is 0 Å². The Morgan fingerprint density at radius 1 is 1.18 bits per heavy atom.